The summed E-state index contributed by atoms with van der Waals surface area (Å²) in [6.45, 7) is 4.38. The van der Waals surface area contributed by atoms with Gasteiger partial charge in [-0.2, -0.15) is 0 Å². The first-order chi connectivity index (χ1) is 12.6. The molecule has 5 heteroatoms. The van der Waals surface area contributed by atoms with Crippen LogP contribution in [0, 0.1) is 0 Å². The lowest BCUT2D eigenvalue weighted by atomic mass is 10.1. The Morgan fingerprint density at radius 2 is 1.77 bits per heavy atom. The third-order valence-electron chi connectivity index (χ3n) is 3.75. The Kier molecular flexibility index (Phi) is 5.58. The van der Waals surface area contributed by atoms with Gasteiger partial charge in [0.2, 0.25) is 0 Å². The molecular weight excluding hydrogens is 346 g/mol. The van der Waals surface area contributed by atoms with Crippen LogP contribution in [0.3, 0.4) is 0 Å². The minimum atomic E-state index is -0.301. The summed E-state index contributed by atoms with van der Waals surface area (Å²) in [6, 6.07) is 16.8. The van der Waals surface area contributed by atoms with Crippen LogP contribution in [0.15, 0.2) is 71.2 Å². The summed E-state index contributed by atoms with van der Waals surface area (Å²) in [5, 5.41) is -0.294. The second-order valence-electron chi connectivity index (χ2n) is 5.74. The van der Waals surface area contributed by atoms with Gasteiger partial charge in [-0.25, -0.2) is 4.90 Å². The van der Waals surface area contributed by atoms with Crippen LogP contribution in [0.5, 0.6) is 5.75 Å². The van der Waals surface area contributed by atoms with Crippen molar-refractivity contribution in [2.75, 3.05) is 11.5 Å². The molecule has 2 aromatic carbocycles. The number of thioether (sulfide) groups is 1. The third-order valence-corrected chi connectivity index (χ3v) is 4.62. The van der Waals surface area contributed by atoms with Crippen LogP contribution < -0.4 is 9.64 Å². The standard InChI is InChI=1S/C21H19NO3S/c1-3-25-18-11-9-17(10-12-18)22-20(23)19(26-21(22)24)14-15(2)13-16-7-5-4-6-8-16/h4-14H,3H2,1-2H3. The van der Waals surface area contributed by atoms with Crippen LogP contribution in [-0.4, -0.2) is 17.8 Å². The van der Waals surface area contributed by atoms with E-state index in [2.05, 4.69) is 0 Å². The highest BCUT2D eigenvalue weighted by Crippen LogP contribution is 2.35. The molecule has 26 heavy (non-hydrogen) atoms. The number of benzene rings is 2. The van der Waals surface area contributed by atoms with Crippen molar-refractivity contribution in [3.63, 3.8) is 0 Å². The molecule has 0 radical (unpaired) electrons. The van der Waals surface area contributed by atoms with Crippen molar-refractivity contribution in [2.24, 2.45) is 0 Å². The summed E-state index contributed by atoms with van der Waals surface area (Å²) >= 11 is 0.956. The van der Waals surface area contributed by atoms with Gasteiger partial charge >= 0.3 is 0 Å². The monoisotopic (exact) mass is 365 g/mol. The molecule has 1 heterocycles. The molecule has 0 saturated carbocycles. The van der Waals surface area contributed by atoms with Gasteiger partial charge in [0.1, 0.15) is 5.75 Å². The van der Waals surface area contributed by atoms with Gasteiger partial charge in [-0.05, 0) is 67.1 Å². The van der Waals surface area contributed by atoms with E-state index in [1.165, 1.54) is 4.90 Å². The molecule has 4 nitrogen and oxygen atoms in total. The molecule has 0 atom stereocenters. The number of ether oxygens (including phenoxy) is 1. The Labute approximate surface area is 157 Å². The smallest absolute Gasteiger partial charge is 0.298 e. The quantitative estimate of drug-likeness (QED) is 0.677. The van der Waals surface area contributed by atoms with Gasteiger partial charge in [0.25, 0.3) is 11.1 Å². The molecule has 0 bridgehead atoms. The summed E-state index contributed by atoms with van der Waals surface area (Å²) in [5.74, 6) is 0.408. The highest BCUT2D eigenvalue weighted by Gasteiger charge is 2.36. The SMILES string of the molecule is CCOc1ccc(N2C(=O)SC(=CC(C)=Cc3ccccc3)C2=O)cc1. The predicted octanol–water partition coefficient (Wildman–Crippen LogP) is 5.27. The molecule has 2 amide bonds. The van der Waals surface area contributed by atoms with E-state index < -0.39 is 0 Å². The number of carbonyl (C=O) groups excluding carboxylic acids is 2. The second kappa shape index (κ2) is 8.06. The van der Waals surface area contributed by atoms with Crippen molar-refractivity contribution in [2.45, 2.75) is 13.8 Å². The summed E-state index contributed by atoms with van der Waals surface area (Å²) < 4.78 is 5.40. The van der Waals surface area contributed by atoms with E-state index in [9.17, 15) is 9.59 Å². The summed E-state index contributed by atoms with van der Waals surface area (Å²) in [5.41, 5.74) is 2.50. The average molecular weight is 365 g/mol. The fourth-order valence-corrected chi connectivity index (χ4v) is 3.50. The molecule has 0 aliphatic carbocycles. The Hall–Kier alpha value is -2.79. The zero-order valence-electron chi connectivity index (χ0n) is 14.6. The van der Waals surface area contributed by atoms with Crippen LogP contribution in [0.1, 0.15) is 19.4 Å². The second-order valence-corrected chi connectivity index (χ2v) is 6.74. The van der Waals surface area contributed by atoms with Crippen molar-refractivity contribution in [3.8, 4) is 5.75 Å². The van der Waals surface area contributed by atoms with E-state index >= 15 is 0 Å². The van der Waals surface area contributed by atoms with Crippen molar-refractivity contribution in [3.05, 3.63) is 76.7 Å². The first-order valence-electron chi connectivity index (χ1n) is 8.32. The average Bonchev–Trinajstić information content (AvgIpc) is 2.90. The number of nitrogens with zero attached hydrogens (tertiary/aromatic N) is 1. The zero-order chi connectivity index (χ0) is 18.5. The molecule has 0 N–H and O–H groups in total. The molecule has 2 aromatic rings. The maximum atomic E-state index is 12.7. The van der Waals surface area contributed by atoms with Crippen molar-refractivity contribution in [1.82, 2.24) is 0 Å². The Balaban J connectivity index is 1.81. The largest absolute Gasteiger partial charge is 0.494 e. The van der Waals surface area contributed by atoms with Gasteiger partial charge in [-0.1, -0.05) is 36.4 Å². The number of hydrogen-bond donors (Lipinski definition) is 0. The lowest BCUT2D eigenvalue weighted by Gasteiger charge is -2.13. The van der Waals surface area contributed by atoms with E-state index in [-0.39, 0.29) is 11.1 Å². The Morgan fingerprint density at radius 1 is 1.08 bits per heavy atom. The number of anilines is 1. The first-order valence-corrected chi connectivity index (χ1v) is 9.14. The number of allylic oxidation sites excluding steroid dienone is 2. The van der Waals surface area contributed by atoms with Crippen LogP contribution in [0.4, 0.5) is 10.5 Å². The summed E-state index contributed by atoms with van der Waals surface area (Å²) in [4.78, 5) is 26.6. The fraction of sp³-hybridized carbons (Fsp3) is 0.143. The molecule has 3 rings (SSSR count). The van der Waals surface area contributed by atoms with E-state index in [0.717, 1.165) is 22.9 Å². The molecule has 1 saturated heterocycles. The van der Waals surface area contributed by atoms with Crippen LogP contribution in [-0.2, 0) is 4.79 Å². The van der Waals surface area contributed by atoms with Crippen molar-refractivity contribution in [1.29, 1.82) is 0 Å². The molecule has 1 fully saturated rings. The van der Waals surface area contributed by atoms with Gasteiger partial charge in [-0.3, -0.25) is 9.59 Å². The van der Waals surface area contributed by atoms with Gasteiger partial charge in [0, 0.05) is 0 Å². The molecule has 0 unspecified atom stereocenters. The Morgan fingerprint density at radius 3 is 2.42 bits per heavy atom. The maximum absolute atomic E-state index is 12.7. The van der Waals surface area contributed by atoms with Crippen molar-refractivity contribution < 1.29 is 14.3 Å². The lowest BCUT2D eigenvalue weighted by Crippen LogP contribution is -2.27. The minimum Gasteiger partial charge on any atom is -0.494 e. The third kappa shape index (κ3) is 4.06. The van der Waals surface area contributed by atoms with Crippen LogP contribution in [0.25, 0.3) is 6.08 Å². The fourth-order valence-electron chi connectivity index (χ4n) is 2.61. The number of rotatable bonds is 5. The highest BCUT2D eigenvalue weighted by molar-refractivity contribution is 8.18. The Bertz CT molecular complexity index is 870. The van der Waals surface area contributed by atoms with Gasteiger partial charge in [0.15, 0.2) is 0 Å². The van der Waals surface area contributed by atoms with Gasteiger partial charge in [0.05, 0.1) is 17.2 Å². The number of imide groups is 1. The molecular formula is C21H19NO3S. The predicted molar refractivity (Wildman–Crippen MR) is 106 cm³/mol. The van der Waals surface area contributed by atoms with Crippen molar-refractivity contribution >= 4 is 34.7 Å². The van der Waals surface area contributed by atoms with E-state index in [1.54, 1.807) is 30.3 Å². The zero-order valence-corrected chi connectivity index (χ0v) is 15.5. The van der Waals surface area contributed by atoms with Gasteiger partial charge < -0.3 is 4.74 Å². The van der Waals surface area contributed by atoms with E-state index in [0.29, 0.717) is 22.9 Å². The molecule has 132 valence electrons. The first kappa shape index (κ1) is 18.0. The van der Waals surface area contributed by atoms with Crippen LogP contribution in [0.2, 0.25) is 0 Å². The maximum Gasteiger partial charge on any atom is 0.298 e. The number of amides is 2. The molecule has 1 aliphatic rings. The molecule has 0 spiro atoms. The molecule has 0 aromatic heterocycles. The lowest BCUT2D eigenvalue weighted by molar-refractivity contribution is -0.113. The van der Waals surface area contributed by atoms with E-state index in [1.807, 2.05) is 50.3 Å². The normalized spacial score (nSPS) is 16.5. The van der Waals surface area contributed by atoms with Gasteiger partial charge in [-0.15, -0.1) is 0 Å². The highest BCUT2D eigenvalue weighted by atomic mass is 32.2. The summed E-state index contributed by atoms with van der Waals surface area (Å²) in [7, 11) is 0. The van der Waals surface area contributed by atoms with E-state index in [4.69, 9.17) is 4.74 Å². The number of carbonyl (C=O) groups is 2. The topological polar surface area (TPSA) is 46.6 Å². The molecule has 1 aliphatic heterocycles. The minimum absolute atomic E-state index is 0.294. The summed E-state index contributed by atoms with van der Waals surface area (Å²) in [6.07, 6.45) is 3.73. The van der Waals surface area contributed by atoms with Crippen LogP contribution >= 0.6 is 11.8 Å². The number of hydrogen-bond acceptors (Lipinski definition) is 4.